The summed E-state index contributed by atoms with van der Waals surface area (Å²) in [5, 5.41) is 13.4. The molecule has 1 saturated heterocycles. The van der Waals surface area contributed by atoms with Gasteiger partial charge in [-0.15, -0.1) is 0 Å². The Morgan fingerprint density at radius 3 is 2.75 bits per heavy atom. The minimum absolute atomic E-state index is 0.0664. The number of aromatic nitrogens is 2. The molecule has 1 fully saturated rings. The fourth-order valence-corrected chi connectivity index (χ4v) is 2.88. The zero-order chi connectivity index (χ0) is 17.4. The molecule has 2 N–H and O–H groups in total. The van der Waals surface area contributed by atoms with E-state index in [0.717, 1.165) is 4.68 Å². The molecule has 1 amide bonds. The number of nitrogen functional groups attached to an aromatic ring is 1. The molecule has 122 valence electrons. The van der Waals surface area contributed by atoms with Crippen LogP contribution in [0.3, 0.4) is 0 Å². The second kappa shape index (κ2) is 6.15. The van der Waals surface area contributed by atoms with Crippen LogP contribution in [0.4, 0.5) is 11.5 Å². The van der Waals surface area contributed by atoms with Crippen molar-refractivity contribution < 1.29 is 9.59 Å². The van der Waals surface area contributed by atoms with Crippen LogP contribution in [0.2, 0.25) is 10.0 Å². The van der Waals surface area contributed by atoms with Gasteiger partial charge in [-0.3, -0.25) is 9.59 Å². The van der Waals surface area contributed by atoms with Crippen LogP contribution < -0.4 is 10.6 Å². The van der Waals surface area contributed by atoms with Crippen molar-refractivity contribution in [2.45, 2.75) is 6.42 Å². The Morgan fingerprint density at radius 2 is 2.12 bits per heavy atom. The summed E-state index contributed by atoms with van der Waals surface area (Å²) in [6.07, 6.45) is 1.52. The number of carbonyl (C=O) groups excluding carboxylic acids is 2. The quantitative estimate of drug-likeness (QED) is 0.824. The van der Waals surface area contributed by atoms with E-state index in [9.17, 15) is 9.59 Å². The van der Waals surface area contributed by atoms with E-state index in [1.807, 2.05) is 6.07 Å². The summed E-state index contributed by atoms with van der Waals surface area (Å²) in [5.74, 6) is -1.90. The first-order chi connectivity index (χ1) is 11.4. The van der Waals surface area contributed by atoms with E-state index < -0.39 is 11.8 Å². The number of amides is 1. The first kappa shape index (κ1) is 16.3. The molecule has 2 aromatic rings. The highest BCUT2D eigenvalue weighted by atomic mass is 35.5. The summed E-state index contributed by atoms with van der Waals surface area (Å²) in [6, 6.07) is 6.66. The smallest absolute Gasteiger partial charge is 0.261 e. The summed E-state index contributed by atoms with van der Waals surface area (Å²) in [4.78, 5) is 26.6. The zero-order valence-electron chi connectivity index (χ0n) is 12.2. The highest BCUT2D eigenvalue weighted by Crippen LogP contribution is 2.31. The van der Waals surface area contributed by atoms with Crippen molar-refractivity contribution in [1.82, 2.24) is 9.78 Å². The van der Waals surface area contributed by atoms with E-state index in [1.165, 1.54) is 11.1 Å². The van der Waals surface area contributed by atoms with Gasteiger partial charge in [0.2, 0.25) is 5.91 Å². The van der Waals surface area contributed by atoms with Gasteiger partial charge in [-0.25, -0.2) is 0 Å². The van der Waals surface area contributed by atoms with Crippen LogP contribution >= 0.6 is 23.2 Å². The minimum atomic E-state index is -0.909. The van der Waals surface area contributed by atoms with Crippen molar-refractivity contribution in [1.29, 1.82) is 5.26 Å². The summed E-state index contributed by atoms with van der Waals surface area (Å²) < 4.78 is 0.902. The third-order valence-electron chi connectivity index (χ3n) is 3.85. The lowest BCUT2D eigenvalue weighted by Gasteiger charge is -2.17. The molecular formula is C15H11Cl2N5O2. The van der Waals surface area contributed by atoms with E-state index in [0.29, 0.717) is 28.7 Å². The van der Waals surface area contributed by atoms with Gasteiger partial charge in [0.15, 0.2) is 0 Å². The third-order valence-corrected chi connectivity index (χ3v) is 4.59. The molecule has 2 heterocycles. The van der Waals surface area contributed by atoms with Crippen molar-refractivity contribution in [2.75, 3.05) is 17.2 Å². The predicted molar refractivity (Wildman–Crippen MR) is 88.9 cm³/mol. The van der Waals surface area contributed by atoms with Gasteiger partial charge < -0.3 is 10.6 Å². The number of hydrogen-bond donors (Lipinski definition) is 1. The minimum Gasteiger partial charge on any atom is -0.382 e. The summed E-state index contributed by atoms with van der Waals surface area (Å²) in [6.45, 7) is 0.361. The molecule has 0 saturated carbocycles. The topological polar surface area (TPSA) is 105 Å². The standard InChI is InChI=1S/C15H11Cl2N5O2/c16-11-2-1-9(5-12(11)17)21-4-3-10(14(21)23)15(24)22-13(19)8(6-18)7-20-22/h1-2,5,7,10H,3-4,19H2/t10-/m0/s1. The van der Waals surface area contributed by atoms with Gasteiger partial charge in [0, 0.05) is 12.2 Å². The number of benzene rings is 1. The second-order valence-electron chi connectivity index (χ2n) is 5.23. The van der Waals surface area contributed by atoms with Crippen LogP contribution in [0.1, 0.15) is 16.8 Å². The first-order valence-electron chi connectivity index (χ1n) is 6.98. The Morgan fingerprint density at radius 1 is 1.38 bits per heavy atom. The maximum atomic E-state index is 12.6. The van der Waals surface area contributed by atoms with Crippen molar-refractivity contribution in [2.24, 2.45) is 5.92 Å². The summed E-state index contributed by atoms with van der Waals surface area (Å²) in [7, 11) is 0. The maximum Gasteiger partial charge on any atom is 0.261 e. The Bertz CT molecular complexity index is 886. The van der Waals surface area contributed by atoms with Gasteiger partial charge in [0.25, 0.3) is 5.91 Å². The van der Waals surface area contributed by atoms with E-state index in [1.54, 1.807) is 18.2 Å². The number of carbonyl (C=O) groups is 2. The van der Waals surface area contributed by atoms with Crippen LogP contribution in [-0.4, -0.2) is 28.1 Å². The molecule has 9 heteroatoms. The number of nitrogens with two attached hydrogens (primary N) is 1. The summed E-state index contributed by atoms with van der Waals surface area (Å²) >= 11 is 11.9. The van der Waals surface area contributed by atoms with E-state index in [-0.39, 0.29) is 17.3 Å². The Hall–Kier alpha value is -2.56. The molecule has 1 atom stereocenters. The van der Waals surface area contributed by atoms with Gasteiger partial charge in [0.1, 0.15) is 23.4 Å². The van der Waals surface area contributed by atoms with Crippen LogP contribution in [-0.2, 0) is 4.79 Å². The van der Waals surface area contributed by atoms with Crippen molar-refractivity contribution in [3.8, 4) is 6.07 Å². The first-order valence-corrected chi connectivity index (χ1v) is 7.74. The number of halogens is 2. The molecule has 1 aliphatic heterocycles. The largest absolute Gasteiger partial charge is 0.382 e. The molecule has 0 radical (unpaired) electrons. The van der Waals surface area contributed by atoms with Crippen LogP contribution in [0.15, 0.2) is 24.4 Å². The number of rotatable bonds is 2. The van der Waals surface area contributed by atoms with Gasteiger partial charge in [-0.2, -0.15) is 15.0 Å². The van der Waals surface area contributed by atoms with Crippen LogP contribution in [0.5, 0.6) is 0 Å². The molecule has 0 aliphatic carbocycles. The highest BCUT2D eigenvalue weighted by molar-refractivity contribution is 6.42. The average Bonchev–Trinajstić information content (AvgIpc) is 3.12. The molecule has 1 aromatic carbocycles. The second-order valence-corrected chi connectivity index (χ2v) is 6.05. The lowest BCUT2D eigenvalue weighted by atomic mass is 10.1. The molecule has 0 bridgehead atoms. The van der Waals surface area contributed by atoms with E-state index >= 15 is 0 Å². The van der Waals surface area contributed by atoms with Gasteiger partial charge in [-0.05, 0) is 24.6 Å². The molecule has 1 aliphatic rings. The van der Waals surface area contributed by atoms with Crippen molar-refractivity contribution in [3.63, 3.8) is 0 Å². The van der Waals surface area contributed by atoms with Gasteiger partial charge in [0.05, 0.1) is 16.2 Å². The number of anilines is 2. The van der Waals surface area contributed by atoms with Crippen LogP contribution in [0.25, 0.3) is 0 Å². The molecule has 24 heavy (non-hydrogen) atoms. The Labute approximate surface area is 147 Å². The van der Waals surface area contributed by atoms with Crippen molar-refractivity contribution >= 4 is 46.5 Å². The molecule has 0 spiro atoms. The number of hydrogen-bond acceptors (Lipinski definition) is 5. The number of nitrogens with zero attached hydrogens (tertiary/aromatic N) is 4. The SMILES string of the molecule is N#Cc1cnn(C(=O)[C@H]2CCN(c3ccc(Cl)c(Cl)c3)C2=O)c1N. The fraction of sp³-hybridized carbons (Fsp3) is 0.200. The summed E-state index contributed by atoms with van der Waals surface area (Å²) in [5.41, 5.74) is 6.37. The monoisotopic (exact) mass is 363 g/mol. The molecule has 3 rings (SSSR count). The lowest BCUT2D eigenvalue weighted by molar-refractivity contribution is -0.119. The highest BCUT2D eigenvalue weighted by Gasteiger charge is 2.39. The average molecular weight is 364 g/mol. The Kier molecular flexibility index (Phi) is 4.18. The molecular weight excluding hydrogens is 353 g/mol. The lowest BCUT2D eigenvalue weighted by Crippen LogP contribution is -2.33. The maximum absolute atomic E-state index is 12.6. The van der Waals surface area contributed by atoms with Crippen LogP contribution in [0, 0.1) is 17.2 Å². The van der Waals surface area contributed by atoms with E-state index in [2.05, 4.69) is 5.10 Å². The van der Waals surface area contributed by atoms with E-state index in [4.69, 9.17) is 34.2 Å². The van der Waals surface area contributed by atoms with Crippen molar-refractivity contribution in [3.05, 3.63) is 40.0 Å². The fourth-order valence-electron chi connectivity index (χ4n) is 2.59. The Balaban J connectivity index is 1.85. The molecule has 1 aromatic heterocycles. The normalized spacial score (nSPS) is 17.1. The number of nitriles is 1. The molecule has 7 nitrogen and oxygen atoms in total. The van der Waals surface area contributed by atoms with Gasteiger partial charge in [-0.1, -0.05) is 23.2 Å². The predicted octanol–water partition coefficient (Wildman–Crippen LogP) is 2.34. The van der Waals surface area contributed by atoms with Gasteiger partial charge >= 0.3 is 0 Å². The third kappa shape index (κ3) is 2.60. The zero-order valence-corrected chi connectivity index (χ0v) is 13.8. The molecule has 0 unspecified atom stereocenters.